The van der Waals surface area contributed by atoms with Gasteiger partial charge in [-0.1, -0.05) is 30.3 Å². The van der Waals surface area contributed by atoms with Gasteiger partial charge in [0.1, 0.15) is 0 Å². The van der Waals surface area contributed by atoms with Gasteiger partial charge >= 0.3 is 0 Å². The molecule has 0 spiro atoms. The van der Waals surface area contributed by atoms with E-state index in [0.717, 1.165) is 25.4 Å². The molecule has 0 radical (unpaired) electrons. The van der Waals surface area contributed by atoms with Crippen LogP contribution in [0.15, 0.2) is 41.8 Å². The van der Waals surface area contributed by atoms with Gasteiger partial charge in [-0.15, -0.1) is 0 Å². The Morgan fingerprint density at radius 1 is 1.17 bits per heavy atom. The highest BCUT2D eigenvalue weighted by Gasteiger charge is 2.26. The fourth-order valence-corrected chi connectivity index (χ4v) is 3.06. The van der Waals surface area contributed by atoms with E-state index >= 15 is 0 Å². The quantitative estimate of drug-likeness (QED) is 0.760. The summed E-state index contributed by atoms with van der Waals surface area (Å²) in [6, 6.07) is 10.6. The largest absolute Gasteiger partial charge is 0.533 e. The maximum Gasteiger partial charge on any atom is 0.244 e. The van der Waals surface area contributed by atoms with Crippen molar-refractivity contribution in [2.45, 2.75) is 39.5 Å². The minimum absolute atomic E-state index is 0.956. The van der Waals surface area contributed by atoms with E-state index < -0.39 is 8.32 Å². The normalized spacial score (nSPS) is 16.3. The molecule has 0 bridgehead atoms. The Hall–Kier alpha value is -1.22. The van der Waals surface area contributed by atoms with Crippen LogP contribution >= 0.6 is 0 Å². The summed E-state index contributed by atoms with van der Waals surface area (Å²) in [5, 5.41) is 0. The first-order valence-electron chi connectivity index (χ1n) is 6.63. The van der Waals surface area contributed by atoms with Crippen LogP contribution < -0.4 is 0 Å². The van der Waals surface area contributed by atoms with E-state index in [1.807, 2.05) is 0 Å². The van der Waals surface area contributed by atoms with Crippen LogP contribution in [0, 0.1) is 0 Å². The van der Waals surface area contributed by atoms with Crippen molar-refractivity contribution in [2.75, 3.05) is 6.54 Å². The number of rotatable bonds is 4. The van der Waals surface area contributed by atoms with E-state index in [9.17, 15) is 0 Å². The molecule has 1 aromatic rings. The van der Waals surface area contributed by atoms with Gasteiger partial charge in [-0.2, -0.15) is 0 Å². The summed E-state index contributed by atoms with van der Waals surface area (Å²) in [4.78, 5) is 2.38. The van der Waals surface area contributed by atoms with Gasteiger partial charge in [0.25, 0.3) is 0 Å². The molecule has 3 heteroatoms. The Bertz CT molecular complexity index is 434. The molecule has 18 heavy (non-hydrogen) atoms. The summed E-state index contributed by atoms with van der Waals surface area (Å²) in [7, 11) is -1.52. The maximum absolute atomic E-state index is 6.24. The Kier molecular flexibility index (Phi) is 3.81. The molecule has 0 atom stereocenters. The monoisotopic (exact) mass is 261 g/mol. The lowest BCUT2D eigenvalue weighted by atomic mass is 10.2. The molecule has 0 fully saturated rings. The third-order valence-electron chi connectivity index (χ3n) is 3.03. The number of hydrogen-bond donors (Lipinski definition) is 0. The molecule has 2 nitrogen and oxygen atoms in total. The lowest BCUT2D eigenvalue weighted by molar-refractivity contribution is 0.226. The summed E-state index contributed by atoms with van der Waals surface area (Å²) < 4.78 is 6.24. The summed E-state index contributed by atoms with van der Waals surface area (Å²) >= 11 is 0. The van der Waals surface area contributed by atoms with E-state index in [2.05, 4.69) is 61.8 Å². The van der Waals surface area contributed by atoms with Gasteiger partial charge in [0.2, 0.25) is 8.32 Å². The molecule has 0 saturated carbocycles. The number of benzene rings is 1. The third-order valence-corrected chi connectivity index (χ3v) is 3.83. The zero-order valence-electron chi connectivity index (χ0n) is 11.9. The van der Waals surface area contributed by atoms with Crippen molar-refractivity contribution in [1.82, 2.24) is 4.90 Å². The van der Waals surface area contributed by atoms with Crippen molar-refractivity contribution in [3.05, 3.63) is 47.4 Å². The molecule has 0 aromatic heterocycles. The molecule has 98 valence electrons. The standard InChI is InChI=1S/C15H23NOSi/c1-13-10-11-16(15(13)17-18(2,3)4)12-14-8-6-5-7-9-14/h5-9H,10-12H2,1-4H3. The maximum atomic E-state index is 6.24. The minimum atomic E-state index is -1.52. The van der Waals surface area contributed by atoms with Crippen molar-refractivity contribution in [3.63, 3.8) is 0 Å². The zero-order valence-corrected chi connectivity index (χ0v) is 12.9. The molecule has 1 aliphatic rings. The first-order chi connectivity index (χ1) is 8.46. The van der Waals surface area contributed by atoms with Crippen LogP contribution in [-0.2, 0) is 11.0 Å². The van der Waals surface area contributed by atoms with E-state index in [-0.39, 0.29) is 0 Å². The molecule has 2 rings (SSSR count). The van der Waals surface area contributed by atoms with Crippen molar-refractivity contribution in [2.24, 2.45) is 0 Å². The third kappa shape index (κ3) is 3.39. The molecule has 1 heterocycles. The molecule has 0 saturated heterocycles. The SMILES string of the molecule is CC1=C(O[Si](C)(C)C)N(Cc2ccccc2)CC1. The average molecular weight is 261 g/mol. The van der Waals surface area contributed by atoms with Crippen LogP contribution in [0.5, 0.6) is 0 Å². The molecular weight excluding hydrogens is 238 g/mol. The van der Waals surface area contributed by atoms with Gasteiger partial charge in [-0.3, -0.25) is 0 Å². The van der Waals surface area contributed by atoms with E-state index in [1.54, 1.807) is 0 Å². The van der Waals surface area contributed by atoms with Crippen molar-refractivity contribution in [3.8, 4) is 0 Å². The first kappa shape index (κ1) is 13.2. The predicted octanol–water partition coefficient (Wildman–Crippen LogP) is 3.98. The Labute approximate surface area is 111 Å². The summed E-state index contributed by atoms with van der Waals surface area (Å²) in [5.41, 5.74) is 2.75. The van der Waals surface area contributed by atoms with Gasteiger partial charge in [-0.05, 0) is 44.1 Å². The minimum Gasteiger partial charge on any atom is -0.533 e. The molecule has 0 aliphatic carbocycles. The van der Waals surface area contributed by atoms with Crippen LogP contribution in [0.3, 0.4) is 0 Å². The molecular formula is C15H23NOSi. The van der Waals surface area contributed by atoms with Crippen LogP contribution in [-0.4, -0.2) is 19.8 Å². The van der Waals surface area contributed by atoms with Crippen molar-refractivity contribution in [1.29, 1.82) is 0 Å². The van der Waals surface area contributed by atoms with Crippen LogP contribution in [0.25, 0.3) is 0 Å². The second kappa shape index (κ2) is 5.18. The molecule has 0 unspecified atom stereocenters. The second-order valence-corrected chi connectivity index (χ2v) is 10.4. The van der Waals surface area contributed by atoms with Gasteiger partial charge in [0, 0.05) is 13.1 Å². The fraction of sp³-hybridized carbons (Fsp3) is 0.467. The summed E-state index contributed by atoms with van der Waals surface area (Å²) in [6.07, 6.45) is 1.13. The molecule has 0 N–H and O–H groups in total. The number of nitrogens with zero attached hydrogens (tertiary/aromatic N) is 1. The molecule has 0 amide bonds. The molecule has 1 aromatic carbocycles. The summed E-state index contributed by atoms with van der Waals surface area (Å²) in [5.74, 6) is 1.14. The highest BCUT2D eigenvalue weighted by molar-refractivity contribution is 6.70. The van der Waals surface area contributed by atoms with Gasteiger partial charge in [-0.25, -0.2) is 0 Å². The average Bonchev–Trinajstić information content (AvgIpc) is 2.61. The van der Waals surface area contributed by atoms with Crippen molar-refractivity contribution >= 4 is 8.32 Å². The first-order valence-corrected chi connectivity index (χ1v) is 10.0. The Morgan fingerprint density at radius 2 is 1.83 bits per heavy atom. The fourth-order valence-electron chi connectivity index (χ4n) is 2.18. The van der Waals surface area contributed by atoms with Gasteiger partial charge in [0.15, 0.2) is 5.88 Å². The zero-order chi connectivity index (χ0) is 13.2. The topological polar surface area (TPSA) is 12.5 Å². The van der Waals surface area contributed by atoms with Gasteiger partial charge < -0.3 is 9.33 Å². The highest BCUT2D eigenvalue weighted by Crippen LogP contribution is 2.28. The molecule has 1 aliphatic heterocycles. The second-order valence-electron chi connectivity index (χ2n) is 5.96. The lowest BCUT2D eigenvalue weighted by Crippen LogP contribution is -2.31. The Morgan fingerprint density at radius 3 is 2.44 bits per heavy atom. The van der Waals surface area contributed by atoms with E-state index in [0.29, 0.717) is 0 Å². The van der Waals surface area contributed by atoms with E-state index in [4.69, 9.17) is 4.43 Å². The predicted molar refractivity (Wildman–Crippen MR) is 78.6 cm³/mol. The van der Waals surface area contributed by atoms with Crippen LogP contribution in [0.4, 0.5) is 0 Å². The summed E-state index contributed by atoms with van der Waals surface area (Å²) in [6.45, 7) is 11.0. The van der Waals surface area contributed by atoms with Gasteiger partial charge in [0.05, 0.1) is 0 Å². The van der Waals surface area contributed by atoms with Crippen LogP contribution in [0.2, 0.25) is 19.6 Å². The smallest absolute Gasteiger partial charge is 0.244 e. The Balaban J connectivity index is 2.10. The van der Waals surface area contributed by atoms with Crippen molar-refractivity contribution < 1.29 is 4.43 Å². The van der Waals surface area contributed by atoms with E-state index in [1.165, 1.54) is 11.1 Å². The number of hydrogen-bond acceptors (Lipinski definition) is 2. The van der Waals surface area contributed by atoms with Crippen LogP contribution in [0.1, 0.15) is 18.9 Å². The highest BCUT2D eigenvalue weighted by atomic mass is 28.4. The lowest BCUT2D eigenvalue weighted by Gasteiger charge is -2.28.